The summed E-state index contributed by atoms with van der Waals surface area (Å²) < 4.78 is 40.5. The minimum Gasteiger partial charge on any atom is -0.478 e. The molecule has 1 aromatic heterocycles. The first-order valence-corrected chi connectivity index (χ1v) is 7.71. The van der Waals surface area contributed by atoms with Crippen LogP contribution in [0.15, 0.2) is 46.7 Å². The van der Waals surface area contributed by atoms with Gasteiger partial charge in [0, 0.05) is 22.3 Å². The second kappa shape index (κ2) is 6.80. The lowest BCUT2D eigenvalue weighted by Crippen LogP contribution is -2.33. The van der Waals surface area contributed by atoms with Crippen molar-refractivity contribution < 1.29 is 23.1 Å². The van der Waals surface area contributed by atoms with E-state index in [1.54, 1.807) is 0 Å². The Morgan fingerprint density at radius 1 is 1.23 bits per heavy atom. The second-order valence-corrected chi connectivity index (χ2v) is 5.91. The molecule has 0 saturated carbocycles. The minimum atomic E-state index is -1.27. The summed E-state index contributed by atoms with van der Waals surface area (Å²) in [4.78, 5) is 19.5. The number of hydrogen-bond donors (Lipinski definition) is 2. The molecular formula is C17H11ClF3N3O2. The number of carboxylic acids is 1. The normalized spacial score (nSPS) is 17.0. The van der Waals surface area contributed by atoms with Crippen LogP contribution in [0, 0.1) is 17.5 Å². The molecule has 1 aromatic carbocycles. The number of allylic oxidation sites excluding steroid dienone is 1. The number of pyridine rings is 1. The fraction of sp³-hybridized carbons (Fsp3) is 0.118. The predicted octanol–water partition coefficient (Wildman–Crippen LogP) is 3.60. The Labute approximate surface area is 150 Å². The highest BCUT2D eigenvalue weighted by molar-refractivity contribution is 6.31. The van der Waals surface area contributed by atoms with Crippen molar-refractivity contribution in [3.63, 3.8) is 0 Å². The molecule has 0 spiro atoms. The van der Waals surface area contributed by atoms with Crippen LogP contribution in [0.25, 0.3) is 0 Å². The Morgan fingerprint density at radius 3 is 2.58 bits per heavy atom. The summed E-state index contributed by atoms with van der Waals surface area (Å²) in [5.74, 6) is -3.78. The van der Waals surface area contributed by atoms with Crippen LogP contribution < -0.4 is 5.32 Å². The van der Waals surface area contributed by atoms with Gasteiger partial charge in [-0.3, -0.25) is 4.99 Å². The zero-order valence-corrected chi connectivity index (χ0v) is 14.0. The summed E-state index contributed by atoms with van der Waals surface area (Å²) in [6.07, 6.45) is 0.814. The van der Waals surface area contributed by atoms with Crippen LogP contribution in [0.1, 0.15) is 24.2 Å². The molecule has 0 amide bonds. The lowest BCUT2D eigenvalue weighted by atomic mass is 9.95. The summed E-state index contributed by atoms with van der Waals surface area (Å²) in [7, 11) is 0. The van der Waals surface area contributed by atoms with Gasteiger partial charge in [-0.25, -0.2) is 22.9 Å². The van der Waals surface area contributed by atoms with E-state index in [0.717, 1.165) is 18.3 Å². The van der Waals surface area contributed by atoms with E-state index in [9.17, 15) is 23.1 Å². The number of benzene rings is 1. The van der Waals surface area contributed by atoms with Crippen LogP contribution in [0.2, 0.25) is 5.02 Å². The third-order valence-electron chi connectivity index (χ3n) is 3.76. The SMILES string of the molecule is CC1=C(C(=O)O)[C@H](c2ccc(F)cc2Cl)N=C(c2ncc(F)cc2F)N1. The highest BCUT2D eigenvalue weighted by Gasteiger charge is 2.32. The maximum atomic E-state index is 14.0. The largest absolute Gasteiger partial charge is 0.478 e. The second-order valence-electron chi connectivity index (χ2n) is 5.50. The van der Waals surface area contributed by atoms with Gasteiger partial charge >= 0.3 is 5.97 Å². The summed E-state index contributed by atoms with van der Waals surface area (Å²) in [5, 5.41) is 12.1. The van der Waals surface area contributed by atoms with E-state index in [1.165, 1.54) is 13.0 Å². The summed E-state index contributed by atoms with van der Waals surface area (Å²) in [6.45, 7) is 1.46. The van der Waals surface area contributed by atoms with Crippen LogP contribution in [0.5, 0.6) is 0 Å². The smallest absolute Gasteiger partial charge is 0.335 e. The van der Waals surface area contributed by atoms with Gasteiger partial charge < -0.3 is 10.4 Å². The van der Waals surface area contributed by atoms with Crippen molar-refractivity contribution >= 4 is 23.4 Å². The standard InChI is InChI=1S/C17H11ClF3N3O2/c1-7-13(17(25)26)14(10-3-2-8(19)4-11(10)18)24-16(23-7)15-12(21)5-9(20)6-22-15/h2-6,14H,1H3,(H,23,24)(H,25,26)/t14-/m0/s1. The molecule has 0 radical (unpaired) electrons. The van der Waals surface area contributed by atoms with E-state index in [2.05, 4.69) is 15.3 Å². The third kappa shape index (κ3) is 3.28. The van der Waals surface area contributed by atoms with Crippen LogP contribution in [0.3, 0.4) is 0 Å². The molecule has 0 unspecified atom stereocenters. The number of nitrogens with zero attached hydrogens (tertiary/aromatic N) is 2. The van der Waals surface area contributed by atoms with Crippen molar-refractivity contribution in [2.24, 2.45) is 4.99 Å². The Hall–Kier alpha value is -2.87. The van der Waals surface area contributed by atoms with Crippen LogP contribution in [-0.4, -0.2) is 21.9 Å². The average Bonchev–Trinajstić information content (AvgIpc) is 2.53. The van der Waals surface area contributed by atoms with Crippen LogP contribution in [0.4, 0.5) is 13.2 Å². The minimum absolute atomic E-state index is 0.0286. The zero-order valence-electron chi connectivity index (χ0n) is 13.2. The van der Waals surface area contributed by atoms with Gasteiger partial charge in [0.05, 0.1) is 11.8 Å². The number of carbonyl (C=O) groups is 1. The van der Waals surface area contributed by atoms with Gasteiger partial charge in [-0.2, -0.15) is 0 Å². The molecule has 1 atom stereocenters. The lowest BCUT2D eigenvalue weighted by Gasteiger charge is -2.25. The number of nitrogens with one attached hydrogen (secondary N) is 1. The number of aliphatic imine (C=N–C) groups is 1. The molecular weight excluding hydrogens is 371 g/mol. The molecule has 134 valence electrons. The molecule has 0 fully saturated rings. The van der Waals surface area contributed by atoms with Crippen molar-refractivity contribution in [1.82, 2.24) is 10.3 Å². The molecule has 1 aliphatic heterocycles. The Bertz CT molecular complexity index is 976. The molecule has 9 heteroatoms. The van der Waals surface area contributed by atoms with Gasteiger partial charge in [-0.15, -0.1) is 0 Å². The van der Waals surface area contributed by atoms with Crippen LogP contribution in [-0.2, 0) is 4.79 Å². The molecule has 2 aromatic rings. The van der Waals surface area contributed by atoms with Gasteiger partial charge in [0.1, 0.15) is 23.4 Å². The van der Waals surface area contributed by atoms with Gasteiger partial charge in [0.2, 0.25) is 0 Å². The fourth-order valence-electron chi connectivity index (χ4n) is 2.61. The van der Waals surface area contributed by atoms with E-state index < -0.39 is 29.5 Å². The number of amidine groups is 1. The average molecular weight is 382 g/mol. The molecule has 3 rings (SSSR count). The van der Waals surface area contributed by atoms with E-state index in [1.807, 2.05) is 0 Å². The highest BCUT2D eigenvalue weighted by atomic mass is 35.5. The Morgan fingerprint density at radius 2 is 1.96 bits per heavy atom. The molecule has 0 bridgehead atoms. The maximum absolute atomic E-state index is 14.0. The first kappa shape index (κ1) is 17.9. The fourth-order valence-corrected chi connectivity index (χ4v) is 2.88. The molecule has 2 heterocycles. The molecule has 5 nitrogen and oxygen atoms in total. The number of aromatic nitrogens is 1. The first-order valence-electron chi connectivity index (χ1n) is 7.33. The van der Waals surface area contributed by atoms with Gasteiger partial charge in [0.25, 0.3) is 0 Å². The number of aliphatic carboxylic acids is 1. The molecule has 1 aliphatic rings. The highest BCUT2D eigenvalue weighted by Crippen LogP contribution is 2.35. The number of hydrogen-bond acceptors (Lipinski definition) is 4. The van der Waals surface area contributed by atoms with Crippen LogP contribution >= 0.6 is 11.6 Å². The van der Waals surface area contributed by atoms with Gasteiger partial charge in [-0.05, 0) is 19.1 Å². The third-order valence-corrected chi connectivity index (χ3v) is 4.09. The van der Waals surface area contributed by atoms with Crippen molar-refractivity contribution in [3.8, 4) is 0 Å². The van der Waals surface area contributed by atoms with Crippen molar-refractivity contribution in [2.75, 3.05) is 0 Å². The summed E-state index contributed by atoms with van der Waals surface area (Å²) >= 11 is 6.04. The zero-order chi connectivity index (χ0) is 19.0. The summed E-state index contributed by atoms with van der Waals surface area (Å²) in [6, 6.07) is 2.96. The van der Waals surface area contributed by atoms with E-state index in [4.69, 9.17) is 11.6 Å². The Kier molecular flexibility index (Phi) is 4.69. The summed E-state index contributed by atoms with van der Waals surface area (Å²) in [5.41, 5.74) is -0.00652. The number of halogens is 4. The molecule has 0 saturated heterocycles. The topological polar surface area (TPSA) is 74.6 Å². The lowest BCUT2D eigenvalue weighted by molar-refractivity contribution is -0.133. The molecule has 26 heavy (non-hydrogen) atoms. The van der Waals surface area contributed by atoms with E-state index in [0.29, 0.717) is 6.07 Å². The predicted molar refractivity (Wildman–Crippen MR) is 88.3 cm³/mol. The van der Waals surface area contributed by atoms with Gasteiger partial charge in [0.15, 0.2) is 11.7 Å². The molecule has 2 N–H and O–H groups in total. The van der Waals surface area contributed by atoms with Gasteiger partial charge in [-0.1, -0.05) is 17.7 Å². The van der Waals surface area contributed by atoms with E-state index in [-0.39, 0.29) is 33.4 Å². The van der Waals surface area contributed by atoms with E-state index >= 15 is 0 Å². The quantitative estimate of drug-likeness (QED) is 0.852. The maximum Gasteiger partial charge on any atom is 0.335 e. The number of rotatable bonds is 3. The van der Waals surface area contributed by atoms with Crippen molar-refractivity contribution in [3.05, 3.63) is 75.5 Å². The van der Waals surface area contributed by atoms with Crippen molar-refractivity contribution in [2.45, 2.75) is 13.0 Å². The Balaban J connectivity index is 2.17. The monoisotopic (exact) mass is 381 g/mol. The molecule has 0 aliphatic carbocycles. The van der Waals surface area contributed by atoms with Crippen molar-refractivity contribution in [1.29, 1.82) is 0 Å². The first-order chi connectivity index (χ1) is 12.3. The number of carboxylic acid groups (broad SMARTS) is 1.